The predicted octanol–water partition coefficient (Wildman–Crippen LogP) is 4.03. The van der Waals surface area contributed by atoms with Gasteiger partial charge in [0.25, 0.3) is 0 Å². The van der Waals surface area contributed by atoms with E-state index in [1.165, 1.54) is 0 Å². The van der Waals surface area contributed by atoms with Crippen molar-refractivity contribution in [2.45, 2.75) is 50.7 Å². The first-order valence-electron chi connectivity index (χ1n) is 13.2. The number of carbonyl (C=O) groups excluding carboxylic acids is 1. The van der Waals surface area contributed by atoms with Gasteiger partial charge in [-0.1, -0.05) is 43.7 Å². The van der Waals surface area contributed by atoms with Crippen LogP contribution in [-0.2, 0) is 21.4 Å². The highest BCUT2D eigenvalue weighted by atomic mass is 32.2. The molecule has 204 valence electrons. The second-order valence-corrected chi connectivity index (χ2v) is 11.4. The number of ether oxygens (including phenoxy) is 1. The Bertz CT molecular complexity index is 1330. The molecule has 1 fully saturated rings. The molecule has 1 unspecified atom stereocenters. The van der Waals surface area contributed by atoms with E-state index in [4.69, 9.17) is 4.74 Å². The number of carbonyl (C=O) groups is 1. The van der Waals surface area contributed by atoms with Crippen LogP contribution in [0.15, 0.2) is 59.5 Å². The molecule has 1 aliphatic rings. The van der Waals surface area contributed by atoms with Crippen LogP contribution in [0.2, 0.25) is 0 Å². The van der Waals surface area contributed by atoms with Crippen molar-refractivity contribution in [1.82, 2.24) is 19.9 Å². The third kappa shape index (κ3) is 7.73. The molecule has 4 rings (SSSR count). The Hall–Kier alpha value is -3.05. The van der Waals surface area contributed by atoms with E-state index in [0.29, 0.717) is 32.8 Å². The van der Waals surface area contributed by atoms with Gasteiger partial charge in [0.15, 0.2) is 0 Å². The third-order valence-corrected chi connectivity index (χ3v) is 8.08. The van der Waals surface area contributed by atoms with Crippen LogP contribution < -0.4 is 15.4 Å². The molecule has 1 atom stereocenters. The molecule has 0 saturated carbocycles. The average molecular weight is 540 g/mol. The van der Waals surface area contributed by atoms with Gasteiger partial charge in [-0.3, -0.25) is 9.88 Å². The van der Waals surface area contributed by atoms with Gasteiger partial charge in [-0.25, -0.2) is 17.9 Å². The molecule has 2 amide bonds. The Balaban J connectivity index is 1.20. The monoisotopic (exact) mass is 539 g/mol. The fraction of sp³-hybridized carbons (Fsp3) is 0.429. The van der Waals surface area contributed by atoms with Crippen LogP contribution in [0.5, 0.6) is 0 Å². The smallest absolute Gasteiger partial charge is 0.319 e. The number of hydrogen-bond acceptors (Lipinski definition) is 6. The first kappa shape index (κ1) is 28.0. The summed E-state index contributed by atoms with van der Waals surface area (Å²) in [5.74, 6) is 0. The highest BCUT2D eigenvalue weighted by Crippen LogP contribution is 2.22. The minimum atomic E-state index is -3.61. The number of aromatic nitrogens is 1. The molecule has 3 aromatic rings. The summed E-state index contributed by atoms with van der Waals surface area (Å²) < 4.78 is 34.2. The summed E-state index contributed by atoms with van der Waals surface area (Å²) >= 11 is 0. The topological polar surface area (TPSA) is 113 Å². The molecule has 0 aliphatic carbocycles. The van der Waals surface area contributed by atoms with E-state index in [-0.39, 0.29) is 17.0 Å². The Morgan fingerprint density at radius 3 is 2.74 bits per heavy atom. The molecule has 1 aromatic heterocycles. The molecule has 1 aliphatic heterocycles. The molecule has 3 N–H and O–H groups in total. The largest absolute Gasteiger partial charge is 0.377 e. The van der Waals surface area contributed by atoms with Gasteiger partial charge < -0.3 is 15.4 Å². The summed E-state index contributed by atoms with van der Waals surface area (Å²) in [6.07, 6.45) is 2.81. The summed E-state index contributed by atoms with van der Waals surface area (Å²) in [6, 6.07) is 15.9. The first-order chi connectivity index (χ1) is 18.3. The summed E-state index contributed by atoms with van der Waals surface area (Å²) in [5, 5.41) is 6.71. The van der Waals surface area contributed by atoms with E-state index >= 15 is 0 Å². The number of para-hydroxylation sites is 1. The minimum absolute atomic E-state index is 0.169. The Morgan fingerprint density at radius 2 is 1.95 bits per heavy atom. The summed E-state index contributed by atoms with van der Waals surface area (Å²) in [7, 11) is -3.61. The number of pyridine rings is 1. The lowest BCUT2D eigenvalue weighted by atomic mass is 10.1. The standard InChI is InChI=1S/C28H37N5O4S/c1-3-4-17-37-20-22-9-11-24(12-10-22)38(35,36)32-23-13-15-33(19-23)16-14-29-28(34)31-27-18-21(2)30-26-8-6-5-7-25(26)27/h5-12,18,23,32H,3-4,13-17,19-20H2,1-2H3,(H2,29,30,31,34). The van der Waals surface area contributed by atoms with Crippen LogP contribution in [0.3, 0.4) is 0 Å². The van der Waals surface area contributed by atoms with Crippen LogP contribution in [0, 0.1) is 6.92 Å². The Labute approximate surface area is 225 Å². The van der Waals surface area contributed by atoms with Crippen molar-refractivity contribution in [3.8, 4) is 0 Å². The van der Waals surface area contributed by atoms with E-state index in [1.807, 2.05) is 37.3 Å². The molecule has 1 saturated heterocycles. The molecule has 2 heterocycles. The number of hydrogen-bond donors (Lipinski definition) is 3. The zero-order valence-corrected chi connectivity index (χ0v) is 22.9. The molecular formula is C28H37N5O4S. The summed E-state index contributed by atoms with van der Waals surface area (Å²) in [5.41, 5.74) is 3.34. The molecular weight excluding hydrogens is 502 g/mol. The van der Waals surface area contributed by atoms with Crippen LogP contribution in [0.25, 0.3) is 10.9 Å². The second-order valence-electron chi connectivity index (χ2n) is 9.67. The van der Waals surface area contributed by atoms with Crippen molar-refractivity contribution in [3.63, 3.8) is 0 Å². The number of fused-ring (bicyclic) bond motifs is 1. The quantitative estimate of drug-likeness (QED) is 0.300. The Morgan fingerprint density at radius 1 is 1.16 bits per heavy atom. The zero-order chi connectivity index (χ0) is 27.0. The first-order valence-corrected chi connectivity index (χ1v) is 14.6. The maximum atomic E-state index is 12.9. The SMILES string of the molecule is CCCCOCc1ccc(S(=O)(=O)NC2CCN(CCNC(=O)Nc3cc(C)nc4ccccc34)C2)cc1. The highest BCUT2D eigenvalue weighted by molar-refractivity contribution is 7.89. The van der Waals surface area contributed by atoms with Gasteiger partial charge in [-0.2, -0.15) is 0 Å². The van der Waals surface area contributed by atoms with Crippen LogP contribution in [-0.4, -0.2) is 63.2 Å². The van der Waals surface area contributed by atoms with Crippen molar-refractivity contribution >= 4 is 32.6 Å². The summed E-state index contributed by atoms with van der Waals surface area (Å²) in [4.78, 5) is 19.4. The lowest BCUT2D eigenvalue weighted by Crippen LogP contribution is -2.39. The number of nitrogens with zero attached hydrogens (tertiary/aromatic N) is 2. The molecule has 38 heavy (non-hydrogen) atoms. The van der Waals surface area contributed by atoms with Gasteiger partial charge in [0, 0.05) is 43.4 Å². The van der Waals surface area contributed by atoms with Crippen LogP contribution in [0.1, 0.15) is 37.4 Å². The number of rotatable bonds is 12. The van der Waals surface area contributed by atoms with Gasteiger partial charge in [0.05, 0.1) is 22.7 Å². The number of sulfonamides is 1. The second kappa shape index (κ2) is 13.1. The normalized spacial score (nSPS) is 16.1. The lowest BCUT2D eigenvalue weighted by Gasteiger charge is -2.17. The van der Waals surface area contributed by atoms with Crippen molar-refractivity contribution in [2.24, 2.45) is 0 Å². The van der Waals surface area contributed by atoms with Crippen molar-refractivity contribution in [3.05, 3.63) is 65.9 Å². The number of anilines is 1. The third-order valence-electron chi connectivity index (χ3n) is 6.54. The van der Waals surface area contributed by atoms with Gasteiger partial charge in [-0.05, 0) is 56.1 Å². The molecule has 2 aromatic carbocycles. The number of amides is 2. The van der Waals surface area contributed by atoms with Gasteiger partial charge >= 0.3 is 6.03 Å². The number of likely N-dealkylation sites (tertiary alicyclic amines) is 1. The maximum absolute atomic E-state index is 12.9. The van der Waals surface area contributed by atoms with Gasteiger partial charge in [0.2, 0.25) is 10.0 Å². The van der Waals surface area contributed by atoms with Gasteiger partial charge in [-0.15, -0.1) is 0 Å². The highest BCUT2D eigenvalue weighted by Gasteiger charge is 2.27. The Kier molecular flexibility index (Phi) is 9.68. The van der Waals surface area contributed by atoms with E-state index < -0.39 is 10.0 Å². The number of unbranched alkanes of at least 4 members (excludes halogenated alkanes) is 1. The van der Waals surface area contributed by atoms with E-state index in [0.717, 1.165) is 53.7 Å². The predicted molar refractivity (Wildman–Crippen MR) is 150 cm³/mol. The van der Waals surface area contributed by atoms with Crippen molar-refractivity contribution < 1.29 is 17.9 Å². The number of nitrogens with one attached hydrogen (secondary N) is 3. The fourth-order valence-corrected chi connectivity index (χ4v) is 5.79. The zero-order valence-electron chi connectivity index (χ0n) is 22.1. The van der Waals surface area contributed by atoms with E-state index in [2.05, 4.69) is 32.2 Å². The van der Waals surface area contributed by atoms with Gasteiger partial charge in [0.1, 0.15) is 0 Å². The molecule has 9 nitrogen and oxygen atoms in total. The summed E-state index contributed by atoms with van der Waals surface area (Å²) in [6.45, 7) is 7.64. The maximum Gasteiger partial charge on any atom is 0.319 e. The van der Waals surface area contributed by atoms with Crippen molar-refractivity contribution in [1.29, 1.82) is 0 Å². The van der Waals surface area contributed by atoms with Crippen LogP contribution >= 0.6 is 0 Å². The molecule has 0 bridgehead atoms. The molecule has 0 radical (unpaired) electrons. The van der Waals surface area contributed by atoms with E-state index in [9.17, 15) is 13.2 Å². The average Bonchev–Trinajstić information content (AvgIpc) is 3.33. The number of benzene rings is 2. The molecule has 10 heteroatoms. The number of urea groups is 1. The molecule has 0 spiro atoms. The minimum Gasteiger partial charge on any atom is -0.377 e. The van der Waals surface area contributed by atoms with Crippen LogP contribution in [0.4, 0.5) is 10.5 Å². The van der Waals surface area contributed by atoms with Crippen molar-refractivity contribution in [2.75, 3.05) is 38.1 Å². The fourth-order valence-electron chi connectivity index (χ4n) is 4.53. The lowest BCUT2D eigenvalue weighted by molar-refractivity contribution is 0.118. The van der Waals surface area contributed by atoms with E-state index in [1.54, 1.807) is 24.3 Å². The number of aryl methyl sites for hydroxylation is 1.